The van der Waals surface area contributed by atoms with Crippen LogP contribution in [0.1, 0.15) is 17.9 Å². The molecular formula is C11H10ClN. The summed E-state index contributed by atoms with van der Waals surface area (Å²) in [5.74, 6) is 0. The maximum absolute atomic E-state index is 6.04. The summed E-state index contributed by atoms with van der Waals surface area (Å²) >= 11 is 6.04. The van der Waals surface area contributed by atoms with E-state index in [-0.39, 0.29) is 5.38 Å². The van der Waals surface area contributed by atoms with Crippen molar-refractivity contribution in [1.29, 1.82) is 0 Å². The predicted octanol–water partition coefficient (Wildman–Crippen LogP) is 3.53. The van der Waals surface area contributed by atoms with Crippen molar-refractivity contribution < 1.29 is 0 Å². The smallest absolute Gasteiger partial charge is 0.0578 e. The first-order valence-electron chi connectivity index (χ1n) is 4.26. The lowest BCUT2D eigenvalue weighted by Crippen LogP contribution is -1.88. The molecule has 13 heavy (non-hydrogen) atoms. The van der Waals surface area contributed by atoms with Crippen molar-refractivity contribution in [3.63, 3.8) is 0 Å². The van der Waals surface area contributed by atoms with Gasteiger partial charge in [0.15, 0.2) is 0 Å². The van der Waals surface area contributed by atoms with Crippen LogP contribution in [0.3, 0.4) is 0 Å². The molecule has 0 aliphatic rings. The molecule has 1 aromatic heterocycles. The summed E-state index contributed by atoms with van der Waals surface area (Å²) in [6, 6.07) is 8.15. The number of aromatic nitrogens is 1. The van der Waals surface area contributed by atoms with Crippen molar-refractivity contribution in [3.05, 3.63) is 42.2 Å². The van der Waals surface area contributed by atoms with Gasteiger partial charge in [0.05, 0.1) is 5.38 Å². The van der Waals surface area contributed by atoms with E-state index in [9.17, 15) is 0 Å². The Kier molecular flexibility index (Phi) is 2.19. The fourth-order valence-corrected chi connectivity index (χ4v) is 1.63. The Hall–Kier alpha value is -1.08. The third kappa shape index (κ3) is 1.52. The van der Waals surface area contributed by atoms with Gasteiger partial charge in [-0.25, -0.2) is 0 Å². The van der Waals surface area contributed by atoms with Crippen LogP contribution >= 0.6 is 11.6 Å². The van der Waals surface area contributed by atoms with Crippen LogP contribution in [0.5, 0.6) is 0 Å². The van der Waals surface area contributed by atoms with E-state index in [1.54, 1.807) is 0 Å². The van der Waals surface area contributed by atoms with Crippen molar-refractivity contribution in [2.75, 3.05) is 0 Å². The van der Waals surface area contributed by atoms with E-state index in [1.165, 1.54) is 5.39 Å². The van der Waals surface area contributed by atoms with Crippen LogP contribution in [0.25, 0.3) is 10.8 Å². The number of alkyl halides is 1. The zero-order chi connectivity index (χ0) is 9.26. The lowest BCUT2D eigenvalue weighted by molar-refractivity contribution is 1.08. The number of nitrogens with zero attached hydrogens (tertiary/aromatic N) is 1. The average Bonchev–Trinajstić information content (AvgIpc) is 2.17. The van der Waals surface area contributed by atoms with Gasteiger partial charge in [-0.3, -0.25) is 4.98 Å². The molecule has 0 saturated heterocycles. The lowest BCUT2D eigenvalue weighted by atomic mass is 10.1. The van der Waals surface area contributed by atoms with E-state index < -0.39 is 0 Å². The van der Waals surface area contributed by atoms with Gasteiger partial charge in [-0.15, -0.1) is 11.6 Å². The van der Waals surface area contributed by atoms with Crippen LogP contribution in [0.15, 0.2) is 36.7 Å². The maximum atomic E-state index is 6.04. The molecule has 1 nitrogen and oxygen atoms in total. The van der Waals surface area contributed by atoms with Gasteiger partial charge < -0.3 is 0 Å². The van der Waals surface area contributed by atoms with Gasteiger partial charge in [-0.05, 0) is 17.9 Å². The topological polar surface area (TPSA) is 12.9 Å². The lowest BCUT2D eigenvalue weighted by Gasteiger charge is -2.06. The second kappa shape index (κ2) is 3.35. The summed E-state index contributed by atoms with van der Waals surface area (Å²) < 4.78 is 0. The number of fused-ring (bicyclic) bond motifs is 1. The molecule has 0 radical (unpaired) electrons. The molecule has 2 aromatic rings. The first-order chi connectivity index (χ1) is 6.29. The number of rotatable bonds is 1. The number of hydrogen-bond donors (Lipinski definition) is 0. The summed E-state index contributed by atoms with van der Waals surface area (Å²) in [5, 5.41) is 2.35. The SMILES string of the molecule is CC(Cl)c1cncc2ccccc12. The minimum absolute atomic E-state index is 0.0126. The molecule has 1 atom stereocenters. The van der Waals surface area contributed by atoms with Gasteiger partial charge in [0.1, 0.15) is 0 Å². The third-order valence-electron chi connectivity index (χ3n) is 2.13. The second-order valence-electron chi connectivity index (χ2n) is 3.07. The highest BCUT2D eigenvalue weighted by Crippen LogP contribution is 2.26. The van der Waals surface area contributed by atoms with Gasteiger partial charge in [0.25, 0.3) is 0 Å². The van der Waals surface area contributed by atoms with Gasteiger partial charge >= 0.3 is 0 Å². The number of halogens is 1. The van der Waals surface area contributed by atoms with Crippen molar-refractivity contribution in [2.45, 2.75) is 12.3 Å². The largest absolute Gasteiger partial charge is 0.264 e. The van der Waals surface area contributed by atoms with Crippen molar-refractivity contribution in [3.8, 4) is 0 Å². The maximum Gasteiger partial charge on any atom is 0.0578 e. The van der Waals surface area contributed by atoms with Crippen molar-refractivity contribution >= 4 is 22.4 Å². The van der Waals surface area contributed by atoms with E-state index in [0.717, 1.165) is 10.9 Å². The van der Waals surface area contributed by atoms with E-state index in [0.29, 0.717) is 0 Å². The van der Waals surface area contributed by atoms with Crippen LogP contribution < -0.4 is 0 Å². The molecule has 1 unspecified atom stereocenters. The molecule has 0 saturated carbocycles. The fraction of sp³-hybridized carbons (Fsp3) is 0.182. The van der Waals surface area contributed by atoms with E-state index >= 15 is 0 Å². The third-order valence-corrected chi connectivity index (χ3v) is 2.36. The zero-order valence-corrected chi connectivity index (χ0v) is 8.12. The van der Waals surface area contributed by atoms with Gasteiger partial charge in [0, 0.05) is 17.8 Å². The summed E-state index contributed by atoms with van der Waals surface area (Å²) in [7, 11) is 0. The molecule has 0 N–H and O–H groups in total. The fourth-order valence-electron chi connectivity index (χ4n) is 1.46. The zero-order valence-electron chi connectivity index (χ0n) is 7.37. The Bertz CT molecular complexity index is 418. The van der Waals surface area contributed by atoms with Gasteiger partial charge in [-0.2, -0.15) is 0 Å². The minimum atomic E-state index is 0.0126. The van der Waals surface area contributed by atoms with Gasteiger partial charge in [0.2, 0.25) is 0 Å². The molecule has 0 aliphatic heterocycles. The van der Waals surface area contributed by atoms with Crippen molar-refractivity contribution in [1.82, 2.24) is 4.98 Å². The molecule has 0 amide bonds. The van der Waals surface area contributed by atoms with Crippen LogP contribution in [0.2, 0.25) is 0 Å². The first-order valence-corrected chi connectivity index (χ1v) is 4.69. The van der Waals surface area contributed by atoms with E-state index in [2.05, 4.69) is 11.1 Å². The Morgan fingerprint density at radius 1 is 1.23 bits per heavy atom. The summed E-state index contributed by atoms with van der Waals surface area (Å²) in [5.41, 5.74) is 1.10. The monoisotopic (exact) mass is 191 g/mol. The Balaban J connectivity index is 2.76. The molecule has 0 bridgehead atoms. The van der Waals surface area contributed by atoms with E-state index in [4.69, 9.17) is 11.6 Å². The first kappa shape index (κ1) is 8.52. The van der Waals surface area contributed by atoms with Gasteiger partial charge in [-0.1, -0.05) is 24.3 Å². The Morgan fingerprint density at radius 3 is 2.77 bits per heavy atom. The summed E-state index contributed by atoms with van der Waals surface area (Å²) in [4.78, 5) is 4.15. The molecule has 2 rings (SSSR count). The number of hydrogen-bond acceptors (Lipinski definition) is 1. The van der Waals surface area contributed by atoms with E-state index in [1.807, 2.05) is 37.5 Å². The second-order valence-corrected chi connectivity index (χ2v) is 3.72. The Labute approximate surface area is 82.4 Å². The summed E-state index contributed by atoms with van der Waals surface area (Å²) in [6.07, 6.45) is 3.69. The standard InChI is InChI=1S/C11H10ClN/c1-8(12)11-7-13-6-9-4-2-3-5-10(9)11/h2-8H,1H3. The highest BCUT2D eigenvalue weighted by Gasteiger charge is 2.05. The summed E-state index contributed by atoms with van der Waals surface area (Å²) in [6.45, 7) is 1.96. The van der Waals surface area contributed by atoms with Crippen LogP contribution in [-0.4, -0.2) is 4.98 Å². The quantitative estimate of drug-likeness (QED) is 0.629. The number of pyridine rings is 1. The Morgan fingerprint density at radius 2 is 2.00 bits per heavy atom. The molecule has 0 spiro atoms. The predicted molar refractivity (Wildman–Crippen MR) is 56.0 cm³/mol. The minimum Gasteiger partial charge on any atom is -0.264 e. The molecule has 0 fully saturated rings. The molecule has 66 valence electrons. The molecule has 1 heterocycles. The van der Waals surface area contributed by atoms with Crippen molar-refractivity contribution in [2.24, 2.45) is 0 Å². The number of benzene rings is 1. The molecule has 2 heteroatoms. The molecular weight excluding hydrogens is 182 g/mol. The van der Waals surface area contributed by atoms with Crippen LogP contribution in [0.4, 0.5) is 0 Å². The van der Waals surface area contributed by atoms with Crippen LogP contribution in [-0.2, 0) is 0 Å². The normalized spacial score (nSPS) is 13.1. The van der Waals surface area contributed by atoms with Crippen LogP contribution in [0, 0.1) is 0 Å². The molecule has 0 aliphatic carbocycles. The highest BCUT2D eigenvalue weighted by atomic mass is 35.5. The highest BCUT2D eigenvalue weighted by molar-refractivity contribution is 6.21. The molecule has 1 aromatic carbocycles. The average molecular weight is 192 g/mol.